The first-order valence-corrected chi connectivity index (χ1v) is 12.7. The summed E-state index contributed by atoms with van der Waals surface area (Å²) in [5, 5.41) is 27.5. The first-order valence-electron chi connectivity index (χ1n) is 12.7. The topological polar surface area (TPSA) is 149 Å². The predicted molar refractivity (Wildman–Crippen MR) is 156 cm³/mol. The Kier molecular flexibility index (Phi) is 9.34. The largest absolute Gasteiger partial charge is 0.378 e. The zero-order chi connectivity index (χ0) is 29.2. The van der Waals surface area contributed by atoms with Crippen molar-refractivity contribution in [3.63, 3.8) is 0 Å². The summed E-state index contributed by atoms with van der Waals surface area (Å²) >= 11 is 0. The van der Waals surface area contributed by atoms with E-state index >= 15 is 0 Å². The van der Waals surface area contributed by atoms with E-state index in [0.29, 0.717) is 22.8 Å². The molecule has 0 aliphatic heterocycles. The molecule has 0 bridgehead atoms. The van der Waals surface area contributed by atoms with Crippen molar-refractivity contribution in [3.05, 3.63) is 106 Å². The Morgan fingerprint density at radius 1 is 1.00 bits per heavy atom. The molecule has 41 heavy (non-hydrogen) atoms. The number of carbonyl (C=O) groups is 1. The Bertz CT molecular complexity index is 1630. The molecule has 10 nitrogen and oxygen atoms in total. The van der Waals surface area contributed by atoms with Crippen LogP contribution in [0.15, 0.2) is 67.0 Å². The van der Waals surface area contributed by atoms with Gasteiger partial charge in [0.15, 0.2) is 0 Å². The van der Waals surface area contributed by atoms with Gasteiger partial charge in [-0.15, -0.1) is 0 Å². The lowest BCUT2D eigenvalue weighted by Gasteiger charge is -2.19. The van der Waals surface area contributed by atoms with E-state index in [1.165, 1.54) is 13.2 Å². The number of nitrogens with one attached hydrogen (secondary N) is 3. The van der Waals surface area contributed by atoms with Gasteiger partial charge in [0.05, 0.1) is 30.0 Å². The number of benzene rings is 2. The fourth-order valence-electron chi connectivity index (χ4n) is 4.20. The summed E-state index contributed by atoms with van der Waals surface area (Å²) in [5.41, 5.74) is 6.19. The lowest BCUT2D eigenvalue weighted by atomic mass is 10.0. The fraction of sp³-hybridized carbons (Fsp3) is 0.161. The molecule has 204 valence electrons. The van der Waals surface area contributed by atoms with Crippen LogP contribution in [0.25, 0.3) is 6.08 Å². The molecule has 2 heterocycles. The van der Waals surface area contributed by atoms with Gasteiger partial charge in [0, 0.05) is 43.5 Å². The normalized spacial score (nSPS) is 10.6. The van der Waals surface area contributed by atoms with Crippen molar-refractivity contribution in [2.45, 2.75) is 27.0 Å². The van der Waals surface area contributed by atoms with Crippen molar-refractivity contribution in [1.29, 1.82) is 10.5 Å². The van der Waals surface area contributed by atoms with Gasteiger partial charge in [0.1, 0.15) is 11.4 Å². The molecule has 2 aromatic heterocycles. The van der Waals surface area contributed by atoms with E-state index in [-0.39, 0.29) is 30.6 Å². The molecule has 2 aromatic carbocycles. The molecule has 4 rings (SSSR count). The van der Waals surface area contributed by atoms with Crippen LogP contribution < -0.4 is 16.0 Å². The van der Waals surface area contributed by atoms with Gasteiger partial charge in [0.25, 0.3) is 5.91 Å². The number of nitrogens with zero attached hydrogens (tertiary/aromatic N) is 5. The molecule has 0 atom stereocenters. The Hall–Kier alpha value is -5.58. The molecule has 0 saturated heterocycles. The molecule has 10 heteroatoms. The van der Waals surface area contributed by atoms with Gasteiger partial charge in [-0.25, -0.2) is 4.98 Å². The van der Waals surface area contributed by atoms with E-state index in [0.717, 1.165) is 27.9 Å². The standard InChI is InChI=1S/C31H28N8O2/c1-20-15-24(5-4-12-32)16-21(2)28(20)38-29-27(30(40)35-18-23-10-13-34-14-11-23)26(19-41-3)37-31(39-29)36-25-8-6-22(17-33)7-9-25/h4-11,13-16H,18-19H2,1-3H3,(H,35,40)(H2,36,37,38,39)/b5-4+. The maximum atomic E-state index is 13.6. The van der Waals surface area contributed by atoms with Gasteiger partial charge in [-0.3, -0.25) is 9.78 Å². The van der Waals surface area contributed by atoms with Crippen LogP contribution in [-0.2, 0) is 17.9 Å². The molecular formula is C31H28N8O2. The first-order chi connectivity index (χ1) is 19.9. The molecule has 0 fully saturated rings. The minimum atomic E-state index is -0.370. The highest BCUT2D eigenvalue weighted by Crippen LogP contribution is 2.30. The van der Waals surface area contributed by atoms with Crippen LogP contribution in [0.2, 0.25) is 0 Å². The summed E-state index contributed by atoms with van der Waals surface area (Å²) in [5.74, 6) is 0.172. The quantitative estimate of drug-likeness (QED) is 0.221. The second-order valence-electron chi connectivity index (χ2n) is 9.12. The molecule has 1 amide bonds. The summed E-state index contributed by atoms with van der Waals surface area (Å²) in [4.78, 5) is 26.9. The highest BCUT2D eigenvalue weighted by Gasteiger charge is 2.23. The lowest BCUT2D eigenvalue weighted by Crippen LogP contribution is -2.26. The Balaban J connectivity index is 1.77. The number of aromatic nitrogens is 3. The van der Waals surface area contributed by atoms with E-state index in [9.17, 15) is 4.79 Å². The summed E-state index contributed by atoms with van der Waals surface area (Å²) in [6.45, 7) is 4.23. The van der Waals surface area contributed by atoms with Crippen molar-refractivity contribution < 1.29 is 9.53 Å². The fourth-order valence-corrected chi connectivity index (χ4v) is 4.20. The van der Waals surface area contributed by atoms with Crippen LogP contribution in [0.3, 0.4) is 0 Å². The van der Waals surface area contributed by atoms with Crippen molar-refractivity contribution in [2.24, 2.45) is 0 Å². The number of hydrogen-bond acceptors (Lipinski definition) is 9. The van der Waals surface area contributed by atoms with Crippen molar-refractivity contribution >= 4 is 35.1 Å². The van der Waals surface area contributed by atoms with Gasteiger partial charge >= 0.3 is 0 Å². The van der Waals surface area contributed by atoms with Gasteiger partial charge in [-0.05, 0) is 90.7 Å². The summed E-state index contributed by atoms with van der Waals surface area (Å²) in [7, 11) is 1.53. The Morgan fingerprint density at radius 2 is 1.71 bits per heavy atom. The van der Waals surface area contributed by atoms with Crippen LogP contribution in [0, 0.1) is 36.5 Å². The number of carbonyl (C=O) groups excluding carboxylic acids is 1. The minimum Gasteiger partial charge on any atom is -0.378 e. The van der Waals surface area contributed by atoms with E-state index < -0.39 is 0 Å². The number of hydrogen-bond donors (Lipinski definition) is 3. The summed E-state index contributed by atoms with van der Waals surface area (Å²) in [6.07, 6.45) is 6.50. The number of aryl methyl sites for hydroxylation is 2. The first kappa shape index (κ1) is 28.4. The van der Waals surface area contributed by atoms with Gasteiger partial charge < -0.3 is 20.7 Å². The van der Waals surface area contributed by atoms with Crippen LogP contribution in [0.5, 0.6) is 0 Å². The number of rotatable bonds is 10. The molecule has 0 saturated carbocycles. The van der Waals surface area contributed by atoms with Crippen molar-refractivity contribution in [2.75, 3.05) is 17.7 Å². The number of allylic oxidation sites excluding steroid dienone is 1. The van der Waals surface area contributed by atoms with E-state index in [1.807, 2.05) is 44.2 Å². The molecule has 4 aromatic rings. The molecular weight excluding hydrogens is 516 g/mol. The smallest absolute Gasteiger partial charge is 0.257 e. The minimum absolute atomic E-state index is 0.0626. The third-order valence-corrected chi connectivity index (χ3v) is 6.11. The zero-order valence-corrected chi connectivity index (χ0v) is 22.9. The molecule has 0 radical (unpaired) electrons. The highest BCUT2D eigenvalue weighted by molar-refractivity contribution is 6.01. The number of methoxy groups -OCH3 is 1. The second kappa shape index (κ2) is 13.5. The maximum absolute atomic E-state index is 13.6. The number of anilines is 4. The summed E-state index contributed by atoms with van der Waals surface area (Å²) < 4.78 is 5.42. The van der Waals surface area contributed by atoms with E-state index in [2.05, 4.69) is 32.0 Å². The Labute approximate surface area is 238 Å². The third-order valence-electron chi connectivity index (χ3n) is 6.11. The zero-order valence-electron chi connectivity index (χ0n) is 22.9. The average molecular weight is 545 g/mol. The molecule has 0 unspecified atom stereocenters. The van der Waals surface area contributed by atoms with Gasteiger partial charge in [0.2, 0.25) is 5.95 Å². The number of pyridine rings is 1. The number of amides is 1. The lowest BCUT2D eigenvalue weighted by molar-refractivity contribution is 0.0945. The van der Waals surface area contributed by atoms with Crippen LogP contribution in [0.1, 0.15) is 43.9 Å². The third kappa shape index (κ3) is 7.30. The number of ether oxygens (including phenoxy) is 1. The summed E-state index contributed by atoms with van der Waals surface area (Å²) in [6, 6.07) is 18.5. The van der Waals surface area contributed by atoms with Crippen molar-refractivity contribution in [3.8, 4) is 12.1 Å². The van der Waals surface area contributed by atoms with E-state index in [1.54, 1.807) is 42.7 Å². The van der Waals surface area contributed by atoms with Gasteiger partial charge in [-0.1, -0.05) is 0 Å². The van der Waals surface area contributed by atoms with Crippen LogP contribution in [-0.4, -0.2) is 28.0 Å². The van der Waals surface area contributed by atoms with Crippen molar-refractivity contribution in [1.82, 2.24) is 20.3 Å². The molecule has 0 aliphatic rings. The number of nitriles is 2. The highest BCUT2D eigenvalue weighted by atomic mass is 16.5. The molecule has 3 N–H and O–H groups in total. The average Bonchev–Trinajstić information content (AvgIpc) is 2.97. The molecule has 0 spiro atoms. The van der Waals surface area contributed by atoms with Crippen LogP contribution in [0.4, 0.5) is 23.1 Å². The predicted octanol–water partition coefficient (Wildman–Crippen LogP) is 5.46. The van der Waals surface area contributed by atoms with Gasteiger partial charge in [-0.2, -0.15) is 15.5 Å². The Morgan fingerprint density at radius 3 is 2.34 bits per heavy atom. The molecule has 0 aliphatic carbocycles. The SMILES string of the molecule is COCc1nc(Nc2ccc(C#N)cc2)nc(Nc2c(C)cc(/C=C/C#N)cc2C)c1C(=O)NCc1ccncc1. The van der Waals surface area contributed by atoms with E-state index in [4.69, 9.17) is 20.2 Å². The maximum Gasteiger partial charge on any atom is 0.257 e. The monoisotopic (exact) mass is 544 g/mol. The van der Waals surface area contributed by atoms with Crippen LogP contribution >= 0.6 is 0 Å². The second-order valence-corrected chi connectivity index (χ2v) is 9.12.